The van der Waals surface area contributed by atoms with Crippen molar-refractivity contribution in [2.75, 3.05) is 11.4 Å². The summed E-state index contributed by atoms with van der Waals surface area (Å²) in [5, 5.41) is 9.07. The fourth-order valence-electron chi connectivity index (χ4n) is 2.91. The molecule has 3 nitrogen and oxygen atoms in total. The van der Waals surface area contributed by atoms with Gasteiger partial charge in [0.25, 0.3) is 0 Å². The fourth-order valence-corrected chi connectivity index (χ4v) is 3.09. The number of anilines is 1. The monoisotopic (exact) mass is 295 g/mol. The molecule has 1 aliphatic rings. The number of aromatic nitrogens is 2. The van der Waals surface area contributed by atoms with E-state index >= 15 is 0 Å². The van der Waals surface area contributed by atoms with Crippen LogP contribution < -0.4 is 4.90 Å². The van der Waals surface area contributed by atoms with Crippen LogP contribution in [0.1, 0.15) is 57.1 Å². The molecular formula is C16H26ClN3. The molecule has 0 N–H and O–H groups in total. The van der Waals surface area contributed by atoms with Gasteiger partial charge in [0, 0.05) is 12.6 Å². The van der Waals surface area contributed by atoms with Gasteiger partial charge in [-0.15, -0.1) is 10.2 Å². The van der Waals surface area contributed by atoms with Gasteiger partial charge in [-0.1, -0.05) is 38.3 Å². The molecule has 4 heteroatoms. The quantitative estimate of drug-likeness (QED) is 0.798. The molecule has 1 aromatic rings. The average Bonchev–Trinajstić information content (AvgIpc) is 2.92. The van der Waals surface area contributed by atoms with E-state index in [-0.39, 0.29) is 0 Å². The Bertz CT molecular complexity index is 453. The van der Waals surface area contributed by atoms with E-state index < -0.39 is 0 Å². The summed E-state index contributed by atoms with van der Waals surface area (Å²) < 4.78 is 0. The normalized spacial score (nSPS) is 16.1. The van der Waals surface area contributed by atoms with E-state index in [1.165, 1.54) is 37.7 Å². The summed E-state index contributed by atoms with van der Waals surface area (Å²) in [4.78, 5) is 2.48. The average molecular weight is 296 g/mol. The second kappa shape index (κ2) is 6.75. The number of hydrogen-bond acceptors (Lipinski definition) is 3. The predicted molar refractivity (Wildman–Crippen MR) is 85.6 cm³/mol. The molecule has 0 amide bonds. The lowest BCUT2D eigenvalue weighted by Gasteiger charge is -2.32. The van der Waals surface area contributed by atoms with Crippen molar-refractivity contribution in [2.24, 2.45) is 5.92 Å². The van der Waals surface area contributed by atoms with Gasteiger partial charge in [0.2, 0.25) is 0 Å². The van der Waals surface area contributed by atoms with Crippen LogP contribution in [0.2, 0.25) is 5.15 Å². The minimum Gasteiger partial charge on any atom is -0.352 e. The second-order valence-corrected chi connectivity index (χ2v) is 6.74. The number of rotatable bonds is 5. The van der Waals surface area contributed by atoms with Crippen LogP contribution in [0, 0.1) is 19.8 Å². The maximum Gasteiger partial charge on any atom is 0.155 e. The van der Waals surface area contributed by atoms with Crippen molar-refractivity contribution in [1.29, 1.82) is 0 Å². The van der Waals surface area contributed by atoms with Gasteiger partial charge in [-0.05, 0) is 50.2 Å². The number of hydrogen-bond donors (Lipinski definition) is 0. The summed E-state index contributed by atoms with van der Waals surface area (Å²) >= 11 is 6.09. The van der Waals surface area contributed by atoms with E-state index in [4.69, 9.17) is 11.6 Å². The van der Waals surface area contributed by atoms with Crippen LogP contribution in [-0.4, -0.2) is 22.8 Å². The van der Waals surface area contributed by atoms with Gasteiger partial charge in [0.05, 0.1) is 0 Å². The lowest BCUT2D eigenvalue weighted by Crippen LogP contribution is -2.36. The van der Waals surface area contributed by atoms with Crippen LogP contribution in [0.5, 0.6) is 0 Å². The molecule has 0 aliphatic heterocycles. The first-order valence-electron chi connectivity index (χ1n) is 7.76. The van der Waals surface area contributed by atoms with Gasteiger partial charge >= 0.3 is 0 Å². The summed E-state index contributed by atoms with van der Waals surface area (Å²) in [7, 11) is 0. The van der Waals surface area contributed by atoms with Gasteiger partial charge in [-0.2, -0.15) is 0 Å². The van der Waals surface area contributed by atoms with Crippen LogP contribution in [0.4, 0.5) is 5.82 Å². The molecule has 0 atom stereocenters. The third-order valence-corrected chi connectivity index (χ3v) is 4.78. The van der Waals surface area contributed by atoms with Crippen LogP contribution in [0.25, 0.3) is 0 Å². The SMILES string of the molecule is Cc1c(Cl)nnc(N(CCC(C)C)C2CCCC2)c1C. The van der Waals surface area contributed by atoms with Crippen LogP contribution >= 0.6 is 11.6 Å². The van der Waals surface area contributed by atoms with Crippen molar-refractivity contribution >= 4 is 17.4 Å². The molecule has 1 aromatic heterocycles. The fraction of sp³-hybridized carbons (Fsp3) is 0.750. The minimum absolute atomic E-state index is 0.529. The van der Waals surface area contributed by atoms with Gasteiger partial charge < -0.3 is 4.90 Å². The van der Waals surface area contributed by atoms with Crippen molar-refractivity contribution in [3.63, 3.8) is 0 Å². The van der Waals surface area contributed by atoms with E-state index in [9.17, 15) is 0 Å². The van der Waals surface area contributed by atoms with Crippen molar-refractivity contribution in [2.45, 2.75) is 65.8 Å². The Kier molecular flexibility index (Phi) is 5.25. The first-order valence-corrected chi connectivity index (χ1v) is 8.14. The maximum absolute atomic E-state index is 6.09. The highest BCUT2D eigenvalue weighted by atomic mass is 35.5. The Morgan fingerprint density at radius 1 is 1.15 bits per heavy atom. The number of halogens is 1. The molecule has 0 bridgehead atoms. The van der Waals surface area contributed by atoms with Gasteiger partial charge in [-0.25, -0.2) is 0 Å². The summed E-state index contributed by atoms with van der Waals surface area (Å²) in [5.41, 5.74) is 2.24. The second-order valence-electron chi connectivity index (χ2n) is 6.38. The van der Waals surface area contributed by atoms with Crippen LogP contribution in [-0.2, 0) is 0 Å². The van der Waals surface area contributed by atoms with E-state index in [0.29, 0.717) is 17.1 Å². The largest absolute Gasteiger partial charge is 0.352 e. The van der Waals surface area contributed by atoms with Crippen molar-refractivity contribution < 1.29 is 0 Å². The van der Waals surface area contributed by atoms with E-state index in [0.717, 1.165) is 17.9 Å². The van der Waals surface area contributed by atoms with Crippen molar-refractivity contribution in [1.82, 2.24) is 10.2 Å². The maximum atomic E-state index is 6.09. The predicted octanol–water partition coefficient (Wildman–Crippen LogP) is 4.54. The zero-order valence-electron chi connectivity index (χ0n) is 13.1. The summed E-state index contributed by atoms with van der Waals surface area (Å²) in [6.07, 6.45) is 6.42. The Hall–Kier alpha value is -0.830. The van der Waals surface area contributed by atoms with E-state index in [2.05, 4.69) is 35.9 Å². The van der Waals surface area contributed by atoms with Crippen LogP contribution in [0.15, 0.2) is 0 Å². The zero-order chi connectivity index (χ0) is 14.7. The Labute approximate surface area is 127 Å². The highest BCUT2D eigenvalue weighted by Crippen LogP contribution is 2.31. The Morgan fingerprint density at radius 2 is 1.80 bits per heavy atom. The zero-order valence-corrected chi connectivity index (χ0v) is 13.9. The summed E-state index contributed by atoms with van der Waals surface area (Å²) in [6.45, 7) is 9.77. The molecule has 0 radical (unpaired) electrons. The number of nitrogens with zero attached hydrogens (tertiary/aromatic N) is 3. The first-order chi connectivity index (χ1) is 9.50. The molecule has 2 rings (SSSR count). The topological polar surface area (TPSA) is 29.0 Å². The van der Waals surface area contributed by atoms with Crippen LogP contribution in [0.3, 0.4) is 0 Å². The molecular weight excluding hydrogens is 270 g/mol. The lowest BCUT2D eigenvalue weighted by molar-refractivity contribution is 0.522. The third-order valence-electron chi connectivity index (χ3n) is 4.42. The molecule has 20 heavy (non-hydrogen) atoms. The van der Waals surface area contributed by atoms with Gasteiger partial charge in [0.1, 0.15) is 0 Å². The highest BCUT2D eigenvalue weighted by molar-refractivity contribution is 6.30. The summed E-state index contributed by atoms with van der Waals surface area (Å²) in [5.74, 6) is 1.75. The molecule has 1 fully saturated rings. The molecule has 0 spiro atoms. The molecule has 1 heterocycles. The molecule has 112 valence electrons. The third kappa shape index (κ3) is 3.43. The first kappa shape index (κ1) is 15.6. The smallest absolute Gasteiger partial charge is 0.155 e. The summed E-state index contributed by atoms with van der Waals surface area (Å²) in [6, 6.07) is 0.627. The van der Waals surface area contributed by atoms with E-state index in [1.54, 1.807) is 0 Å². The lowest BCUT2D eigenvalue weighted by atomic mass is 10.1. The standard InChI is InChI=1S/C16H26ClN3/c1-11(2)9-10-20(14-7-5-6-8-14)16-13(4)12(3)15(17)18-19-16/h11,14H,5-10H2,1-4H3. The van der Waals surface area contributed by atoms with Crippen molar-refractivity contribution in [3.05, 3.63) is 16.3 Å². The molecule has 1 aliphatic carbocycles. The Balaban J connectivity index is 2.27. The molecule has 0 aromatic carbocycles. The van der Waals surface area contributed by atoms with E-state index in [1.807, 2.05) is 6.92 Å². The van der Waals surface area contributed by atoms with Crippen molar-refractivity contribution in [3.8, 4) is 0 Å². The Morgan fingerprint density at radius 3 is 2.40 bits per heavy atom. The highest BCUT2D eigenvalue weighted by Gasteiger charge is 2.26. The molecule has 0 saturated heterocycles. The van der Waals surface area contributed by atoms with Gasteiger partial charge in [-0.3, -0.25) is 0 Å². The molecule has 0 unspecified atom stereocenters. The van der Waals surface area contributed by atoms with Gasteiger partial charge in [0.15, 0.2) is 11.0 Å². The minimum atomic E-state index is 0.529. The molecule has 1 saturated carbocycles.